The number of carbonyl (C=O) groups is 3. The quantitative estimate of drug-likeness (QED) is 0.155. The Kier molecular flexibility index (Phi) is 7.48. The molecule has 2 heterocycles. The highest BCUT2D eigenvalue weighted by Gasteiger charge is 2.75. The number of rotatable bonds is 4. The van der Waals surface area contributed by atoms with Crippen molar-refractivity contribution in [3.63, 3.8) is 0 Å². The molecule has 2 aliphatic heterocycles. The van der Waals surface area contributed by atoms with Gasteiger partial charge in [-0.1, -0.05) is 27.4 Å². The van der Waals surface area contributed by atoms with Crippen LogP contribution in [0.3, 0.4) is 0 Å². The Balaban J connectivity index is 1.91. The number of esters is 3. The molecule has 13 atom stereocenters. The Morgan fingerprint density at radius 3 is 2.46 bits per heavy atom. The second-order valence-corrected chi connectivity index (χ2v) is 11.7. The van der Waals surface area contributed by atoms with Gasteiger partial charge < -0.3 is 34.3 Å². The van der Waals surface area contributed by atoms with Crippen molar-refractivity contribution in [3.8, 4) is 0 Å². The highest BCUT2D eigenvalue weighted by molar-refractivity contribution is 6.23. The second kappa shape index (κ2) is 9.79. The predicted octanol–water partition coefficient (Wildman–Crippen LogP) is 1.25. The van der Waals surface area contributed by atoms with E-state index in [1.54, 1.807) is 13.8 Å². The molecule has 0 amide bonds. The molecule has 2 saturated heterocycles. The summed E-state index contributed by atoms with van der Waals surface area (Å²) in [6, 6.07) is 0. The first-order chi connectivity index (χ1) is 17.2. The van der Waals surface area contributed by atoms with Gasteiger partial charge in [0.1, 0.15) is 18.3 Å². The monoisotopic (exact) mass is 544 g/mol. The van der Waals surface area contributed by atoms with E-state index in [1.807, 2.05) is 6.92 Å². The lowest BCUT2D eigenvalue weighted by Crippen LogP contribution is -2.68. The summed E-state index contributed by atoms with van der Waals surface area (Å²) in [6.07, 6.45) is -6.62. The second-order valence-electron chi connectivity index (χ2n) is 11.2. The van der Waals surface area contributed by atoms with Gasteiger partial charge in [-0.15, -0.1) is 11.6 Å². The maximum Gasteiger partial charge on any atom is 0.312 e. The average Bonchev–Trinajstić information content (AvgIpc) is 3.59. The molecule has 2 saturated carbocycles. The van der Waals surface area contributed by atoms with Gasteiger partial charge in [0.05, 0.1) is 29.6 Å². The van der Waals surface area contributed by atoms with Crippen molar-refractivity contribution in [2.75, 3.05) is 0 Å². The van der Waals surface area contributed by atoms with Crippen LogP contribution in [0.25, 0.3) is 0 Å². The zero-order chi connectivity index (χ0) is 27.6. The maximum atomic E-state index is 12.8. The number of hydrogen-bond acceptors (Lipinski definition) is 10. The van der Waals surface area contributed by atoms with Crippen LogP contribution in [0.15, 0.2) is 12.2 Å². The van der Waals surface area contributed by atoms with E-state index in [-0.39, 0.29) is 18.4 Å². The minimum absolute atomic E-state index is 0.0539. The van der Waals surface area contributed by atoms with Crippen LogP contribution in [0.4, 0.5) is 0 Å². The topological polar surface area (TPSA) is 152 Å². The molecule has 0 aromatic rings. The van der Waals surface area contributed by atoms with Crippen molar-refractivity contribution in [1.29, 1.82) is 0 Å². The maximum absolute atomic E-state index is 12.8. The van der Waals surface area contributed by atoms with Crippen molar-refractivity contribution < 1.29 is 48.7 Å². The number of carbonyl (C=O) groups excluding carboxylic acids is 3. The third kappa shape index (κ3) is 4.29. The number of fused-ring (bicyclic) bond motifs is 4. The Labute approximate surface area is 221 Å². The van der Waals surface area contributed by atoms with Gasteiger partial charge in [0.15, 0.2) is 11.7 Å². The number of aliphatic hydroxyl groups excluding tert-OH is 2. The number of epoxide rings is 1. The van der Waals surface area contributed by atoms with E-state index in [1.165, 1.54) is 13.8 Å². The van der Waals surface area contributed by atoms with Crippen molar-refractivity contribution in [1.82, 2.24) is 0 Å². The molecule has 0 bridgehead atoms. The molecular formula is C26H37ClO10. The van der Waals surface area contributed by atoms with Crippen molar-refractivity contribution >= 4 is 29.5 Å². The molecule has 4 aliphatic rings. The average molecular weight is 545 g/mol. The molecule has 0 aromatic carbocycles. The molecule has 0 unspecified atom stereocenters. The minimum Gasteiger partial charge on any atom is -0.459 e. The summed E-state index contributed by atoms with van der Waals surface area (Å²) in [7, 11) is 0. The van der Waals surface area contributed by atoms with E-state index in [4.69, 9.17) is 30.5 Å². The molecule has 10 nitrogen and oxygen atoms in total. The van der Waals surface area contributed by atoms with Crippen LogP contribution in [-0.2, 0) is 33.3 Å². The lowest BCUT2D eigenvalue weighted by Gasteiger charge is -2.55. The lowest BCUT2D eigenvalue weighted by atomic mass is 9.53. The standard InChI is InChI=1S/C26H37ClO10/c1-7-8-16(31)35-19-11(3)17-21(34-13(5)28)26(33)12(4)24(32)37-22(26)18(27)10(2)14(29)9-15(30)25(17,6)23-20(19)36-23/h11-12,14-15,17-23,29-30,33H,2,7-9H2,1,3-6H3/t11-,12+,14+,15+,17-,18+,19-,20+,21+,22+,23+,25-,26-/m1/s1. The first-order valence-electron chi connectivity index (χ1n) is 12.8. The normalized spacial score (nSPS) is 49.2. The molecule has 2 aliphatic carbocycles. The lowest BCUT2D eigenvalue weighted by molar-refractivity contribution is -0.225. The van der Waals surface area contributed by atoms with Gasteiger partial charge >= 0.3 is 17.9 Å². The molecule has 3 N–H and O–H groups in total. The van der Waals surface area contributed by atoms with E-state index < -0.39 is 94.8 Å². The summed E-state index contributed by atoms with van der Waals surface area (Å²) in [4.78, 5) is 37.8. The van der Waals surface area contributed by atoms with Gasteiger partial charge in [0.2, 0.25) is 0 Å². The first kappa shape index (κ1) is 28.3. The number of hydrogen-bond donors (Lipinski definition) is 3. The van der Waals surface area contributed by atoms with Crippen molar-refractivity contribution in [2.24, 2.45) is 23.2 Å². The number of ether oxygens (including phenoxy) is 4. The van der Waals surface area contributed by atoms with Crippen LogP contribution < -0.4 is 0 Å². The predicted molar refractivity (Wildman–Crippen MR) is 129 cm³/mol. The highest BCUT2D eigenvalue weighted by Crippen LogP contribution is 2.61. The Hall–Kier alpha value is -1.72. The van der Waals surface area contributed by atoms with Crippen LogP contribution in [-0.4, -0.2) is 86.9 Å². The SMILES string of the molecule is C=C1[C@@H](O)C[C@H](O)[C@]2(C)[C@H]([C@@H](C)[C@@H](OC(=O)CCC)[C@@H]3O[C@@H]32)[C@H](OC(C)=O)[C@]2(O)[C@@H](C)C(=O)O[C@H]2[C@H]1Cl. The van der Waals surface area contributed by atoms with Gasteiger partial charge in [-0.05, 0) is 18.9 Å². The fourth-order valence-electron chi connectivity index (χ4n) is 6.83. The summed E-state index contributed by atoms with van der Waals surface area (Å²) < 4.78 is 23.1. The first-order valence-corrected chi connectivity index (χ1v) is 13.3. The summed E-state index contributed by atoms with van der Waals surface area (Å²) in [6.45, 7) is 11.8. The van der Waals surface area contributed by atoms with E-state index in [2.05, 4.69) is 6.58 Å². The van der Waals surface area contributed by atoms with Crippen LogP contribution >= 0.6 is 11.6 Å². The fraction of sp³-hybridized carbons (Fsp3) is 0.808. The fourth-order valence-corrected chi connectivity index (χ4v) is 7.22. The van der Waals surface area contributed by atoms with Gasteiger partial charge in [0.25, 0.3) is 0 Å². The van der Waals surface area contributed by atoms with E-state index >= 15 is 0 Å². The molecular weight excluding hydrogens is 508 g/mol. The summed E-state index contributed by atoms with van der Waals surface area (Å²) in [5, 5.41) is 33.6. The molecule has 0 radical (unpaired) electrons. The minimum atomic E-state index is -2.16. The molecule has 4 rings (SSSR count). The molecule has 208 valence electrons. The Bertz CT molecular complexity index is 971. The number of alkyl halides is 1. The van der Waals surface area contributed by atoms with Crippen LogP contribution in [0, 0.1) is 23.2 Å². The zero-order valence-corrected chi connectivity index (χ0v) is 22.5. The molecule has 11 heteroatoms. The van der Waals surface area contributed by atoms with Gasteiger partial charge in [-0.3, -0.25) is 14.4 Å². The van der Waals surface area contributed by atoms with Crippen LogP contribution in [0.2, 0.25) is 0 Å². The smallest absolute Gasteiger partial charge is 0.312 e. The third-order valence-corrected chi connectivity index (χ3v) is 9.53. The van der Waals surface area contributed by atoms with E-state index in [0.717, 1.165) is 0 Å². The van der Waals surface area contributed by atoms with Crippen molar-refractivity contribution in [3.05, 3.63) is 12.2 Å². The summed E-state index contributed by atoms with van der Waals surface area (Å²) in [5.41, 5.74) is -3.29. The van der Waals surface area contributed by atoms with Gasteiger partial charge in [-0.25, -0.2) is 0 Å². The van der Waals surface area contributed by atoms with Gasteiger partial charge in [-0.2, -0.15) is 0 Å². The largest absolute Gasteiger partial charge is 0.459 e. The summed E-state index contributed by atoms with van der Waals surface area (Å²) >= 11 is 6.64. The van der Waals surface area contributed by atoms with Crippen molar-refractivity contribution in [2.45, 2.75) is 108 Å². The highest BCUT2D eigenvalue weighted by atomic mass is 35.5. The van der Waals surface area contributed by atoms with Gasteiger partial charge in [0, 0.05) is 37.0 Å². The number of halogens is 1. The zero-order valence-electron chi connectivity index (χ0n) is 21.8. The van der Waals surface area contributed by atoms with Crippen LogP contribution in [0.1, 0.15) is 53.9 Å². The number of aliphatic hydroxyl groups is 3. The summed E-state index contributed by atoms with van der Waals surface area (Å²) in [5.74, 6) is -4.57. The third-order valence-electron chi connectivity index (χ3n) is 9.02. The Morgan fingerprint density at radius 1 is 1.22 bits per heavy atom. The molecule has 37 heavy (non-hydrogen) atoms. The van der Waals surface area contributed by atoms with E-state index in [9.17, 15) is 29.7 Å². The van der Waals surface area contributed by atoms with Crippen LogP contribution in [0.5, 0.6) is 0 Å². The van der Waals surface area contributed by atoms with E-state index in [0.29, 0.717) is 6.42 Å². The molecule has 0 spiro atoms. The Morgan fingerprint density at radius 2 is 1.86 bits per heavy atom. The molecule has 4 fully saturated rings. The molecule has 0 aromatic heterocycles.